The first-order chi connectivity index (χ1) is 16.2. The van der Waals surface area contributed by atoms with E-state index in [4.69, 9.17) is 20.8 Å². The van der Waals surface area contributed by atoms with Gasteiger partial charge >= 0.3 is 0 Å². The van der Waals surface area contributed by atoms with Gasteiger partial charge in [0.2, 0.25) is 11.8 Å². The number of piperazine rings is 1. The van der Waals surface area contributed by atoms with Crippen molar-refractivity contribution in [3.8, 4) is 17.2 Å². The minimum Gasteiger partial charge on any atom is -0.497 e. The Morgan fingerprint density at radius 2 is 1.55 bits per heavy atom. The van der Waals surface area contributed by atoms with Crippen molar-refractivity contribution in [3.05, 3.63) is 95.3 Å². The zero-order valence-corrected chi connectivity index (χ0v) is 19.2. The Balaban J connectivity index is 1.39. The lowest BCUT2D eigenvalue weighted by Gasteiger charge is -2.39. The van der Waals surface area contributed by atoms with Gasteiger partial charge < -0.3 is 14.1 Å². The molecule has 1 aromatic heterocycles. The number of benzene rings is 3. The number of hydrogen-bond acceptors (Lipinski definition) is 6. The number of ether oxygens (including phenoxy) is 1. The summed E-state index contributed by atoms with van der Waals surface area (Å²) in [5.74, 6) is 1.88. The number of nitrogens with zero attached hydrogens (tertiary/aromatic N) is 4. The predicted molar refractivity (Wildman–Crippen MR) is 130 cm³/mol. The normalized spacial score (nSPS) is 15.4. The fraction of sp³-hybridized carbons (Fsp3) is 0.231. The first-order valence-corrected chi connectivity index (χ1v) is 11.4. The molecule has 6 nitrogen and oxygen atoms in total. The Hall–Kier alpha value is -3.35. The van der Waals surface area contributed by atoms with Gasteiger partial charge in [0.25, 0.3) is 0 Å². The lowest BCUT2D eigenvalue weighted by molar-refractivity contribution is 0.188. The summed E-state index contributed by atoms with van der Waals surface area (Å²) in [6, 6.07) is 26.0. The SMILES string of the molecule is COc1ccc(N2CCN([C@@H](c3ccccc3)c3nnc(-c4ccccc4Cl)o3)CC2)cc1. The van der Waals surface area contributed by atoms with E-state index in [1.807, 2.05) is 54.6 Å². The summed E-state index contributed by atoms with van der Waals surface area (Å²) in [7, 11) is 1.69. The van der Waals surface area contributed by atoms with Gasteiger partial charge in [-0.15, -0.1) is 10.2 Å². The van der Waals surface area contributed by atoms with E-state index in [0.717, 1.165) is 43.1 Å². The number of hydrogen-bond donors (Lipinski definition) is 0. The van der Waals surface area contributed by atoms with E-state index in [1.54, 1.807) is 7.11 Å². The van der Waals surface area contributed by atoms with Crippen molar-refractivity contribution in [1.82, 2.24) is 15.1 Å². The van der Waals surface area contributed by atoms with Crippen molar-refractivity contribution in [2.24, 2.45) is 0 Å². The molecule has 0 bridgehead atoms. The van der Waals surface area contributed by atoms with Gasteiger partial charge in [-0.05, 0) is 42.0 Å². The van der Waals surface area contributed by atoms with Gasteiger partial charge in [0, 0.05) is 31.9 Å². The summed E-state index contributed by atoms with van der Waals surface area (Å²) in [6.45, 7) is 3.55. The summed E-state index contributed by atoms with van der Waals surface area (Å²) < 4.78 is 11.5. The molecule has 1 aliphatic heterocycles. The van der Waals surface area contributed by atoms with Crippen LogP contribution in [-0.2, 0) is 0 Å². The molecule has 3 aromatic carbocycles. The van der Waals surface area contributed by atoms with E-state index < -0.39 is 0 Å². The Labute approximate surface area is 198 Å². The van der Waals surface area contributed by atoms with Crippen molar-refractivity contribution in [2.45, 2.75) is 6.04 Å². The highest BCUT2D eigenvalue weighted by Crippen LogP contribution is 2.33. The summed E-state index contributed by atoms with van der Waals surface area (Å²) in [5, 5.41) is 9.35. The summed E-state index contributed by atoms with van der Waals surface area (Å²) in [5.41, 5.74) is 3.07. The van der Waals surface area contributed by atoms with Crippen LogP contribution >= 0.6 is 11.6 Å². The summed E-state index contributed by atoms with van der Waals surface area (Å²) in [6.07, 6.45) is 0. The molecule has 4 aromatic rings. The molecule has 1 saturated heterocycles. The first kappa shape index (κ1) is 21.5. The van der Waals surface area contributed by atoms with E-state index >= 15 is 0 Å². The monoisotopic (exact) mass is 460 g/mol. The Kier molecular flexibility index (Phi) is 6.28. The molecule has 2 heterocycles. The quantitative estimate of drug-likeness (QED) is 0.388. The third-order valence-corrected chi connectivity index (χ3v) is 6.34. The lowest BCUT2D eigenvalue weighted by atomic mass is 10.0. The second-order valence-corrected chi connectivity index (χ2v) is 8.37. The van der Waals surface area contributed by atoms with Crippen LogP contribution in [0.15, 0.2) is 83.3 Å². The van der Waals surface area contributed by atoms with Crippen LogP contribution in [0.5, 0.6) is 5.75 Å². The molecule has 0 unspecified atom stereocenters. The standard InChI is InChI=1S/C26H25ClN4O2/c1-32-21-13-11-20(12-14-21)30-15-17-31(18-16-30)24(19-7-3-2-4-8-19)26-29-28-25(33-26)22-9-5-6-10-23(22)27/h2-14,24H,15-18H2,1H3/t24-/m0/s1. The highest BCUT2D eigenvalue weighted by Gasteiger charge is 2.31. The minimum absolute atomic E-state index is 0.118. The molecule has 0 aliphatic carbocycles. The Morgan fingerprint density at radius 1 is 0.848 bits per heavy atom. The minimum atomic E-state index is -0.118. The molecule has 5 rings (SSSR count). The zero-order chi connectivity index (χ0) is 22.6. The highest BCUT2D eigenvalue weighted by atomic mass is 35.5. The zero-order valence-electron chi connectivity index (χ0n) is 18.4. The van der Waals surface area contributed by atoms with E-state index in [0.29, 0.717) is 16.8 Å². The van der Waals surface area contributed by atoms with Gasteiger partial charge in [-0.2, -0.15) is 0 Å². The van der Waals surface area contributed by atoms with Gasteiger partial charge in [0.15, 0.2) is 0 Å². The fourth-order valence-electron chi connectivity index (χ4n) is 4.26. The van der Waals surface area contributed by atoms with E-state index in [2.05, 4.69) is 44.3 Å². The smallest absolute Gasteiger partial charge is 0.249 e. The molecule has 0 amide bonds. The van der Waals surface area contributed by atoms with Gasteiger partial charge in [0.1, 0.15) is 11.8 Å². The van der Waals surface area contributed by atoms with Gasteiger partial charge in [-0.1, -0.05) is 54.1 Å². The van der Waals surface area contributed by atoms with Crippen LogP contribution in [0.25, 0.3) is 11.5 Å². The molecule has 7 heteroatoms. The molecule has 0 spiro atoms. The van der Waals surface area contributed by atoms with Crippen molar-refractivity contribution in [2.75, 3.05) is 38.2 Å². The fourth-order valence-corrected chi connectivity index (χ4v) is 4.48. The van der Waals surface area contributed by atoms with Crippen molar-refractivity contribution < 1.29 is 9.15 Å². The maximum atomic E-state index is 6.36. The topological polar surface area (TPSA) is 54.6 Å². The van der Waals surface area contributed by atoms with Crippen LogP contribution in [0.3, 0.4) is 0 Å². The molecule has 1 aliphatic rings. The second-order valence-electron chi connectivity index (χ2n) is 7.96. The molecule has 1 atom stereocenters. The molecular formula is C26H25ClN4O2. The maximum absolute atomic E-state index is 6.36. The van der Waals surface area contributed by atoms with Crippen LogP contribution in [0, 0.1) is 0 Å². The molecule has 0 N–H and O–H groups in total. The number of anilines is 1. The summed E-state index contributed by atoms with van der Waals surface area (Å²) in [4.78, 5) is 4.79. The van der Waals surface area contributed by atoms with Crippen LogP contribution in [0.1, 0.15) is 17.5 Å². The average molecular weight is 461 g/mol. The second kappa shape index (κ2) is 9.65. The summed E-state index contributed by atoms with van der Waals surface area (Å²) >= 11 is 6.36. The molecular weight excluding hydrogens is 436 g/mol. The molecule has 0 saturated carbocycles. The molecule has 1 fully saturated rings. The van der Waals surface area contributed by atoms with E-state index in [9.17, 15) is 0 Å². The maximum Gasteiger partial charge on any atom is 0.249 e. The van der Waals surface area contributed by atoms with E-state index in [1.165, 1.54) is 5.69 Å². The number of rotatable bonds is 6. The molecule has 168 valence electrons. The Morgan fingerprint density at radius 3 is 2.24 bits per heavy atom. The highest BCUT2D eigenvalue weighted by molar-refractivity contribution is 6.33. The third kappa shape index (κ3) is 4.58. The number of aromatic nitrogens is 2. The van der Waals surface area contributed by atoms with Gasteiger partial charge in [0.05, 0.1) is 17.7 Å². The Bertz CT molecular complexity index is 1190. The average Bonchev–Trinajstić information content (AvgIpc) is 3.35. The first-order valence-electron chi connectivity index (χ1n) is 11.0. The molecule has 0 radical (unpaired) electrons. The van der Waals surface area contributed by atoms with Crippen LogP contribution in [0.2, 0.25) is 5.02 Å². The predicted octanol–water partition coefficient (Wildman–Crippen LogP) is 5.31. The lowest BCUT2D eigenvalue weighted by Crippen LogP contribution is -2.48. The van der Waals surface area contributed by atoms with Crippen LogP contribution < -0.4 is 9.64 Å². The van der Waals surface area contributed by atoms with E-state index in [-0.39, 0.29) is 6.04 Å². The van der Waals surface area contributed by atoms with Gasteiger partial charge in [-0.25, -0.2) is 0 Å². The van der Waals surface area contributed by atoms with Crippen LogP contribution in [0.4, 0.5) is 5.69 Å². The number of halogens is 1. The largest absolute Gasteiger partial charge is 0.497 e. The van der Waals surface area contributed by atoms with Crippen molar-refractivity contribution in [1.29, 1.82) is 0 Å². The van der Waals surface area contributed by atoms with Crippen molar-refractivity contribution >= 4 is 17.3 Å². The molecule has 33 heavy (non-hydrogen) atoms. The number of methoxy groups -OCH3 is 1. The third-order valence-electron chi connectivity index (χ3n) is 6.01. The van der Waals surface area contributed by atoms with Crippen LogP contribution in [-0.4, -0.2) is 48.4 Å². The van der Waals surface area contributed by atoms with Gasteiger partial charge in [-0.3, -0.25) is 4.90 Å². The van der Waals surface area contributed by atoms with Crippen molar-refractivity contribution in [3.63, 3.8) is 0 Å².